The lowest BCUT2D eigenvalue weighted by Gasteiger charge is -2.01. The van der Waals surface area contributed by atoms with Gasteiger partial charge >= 0.3 is 5.97 Å². The Balaban J connectivity index is 2.18. The van der Waals surface area contributed by atoms with Crippen LogP contribution in [0.15, 0.2) is 35.4 Å². The van der Waals surface area contributed by atoms with E-state index in [0.717, 1.165) is 0 Å². The Morgan fingerprint density at radius 2 is 2.28 bits per heavy atom. The summed E-state index contributed by atoms with van der Waals surface area (Å²) in [6, 6.07) is 6.09. The quantitative estimate of drug-likeness (QED) is 0.884. The smallest absolute Gasteiger partial charge is 0.335 e. The number of hydrogen-bond donors (Lipinski definition) is 1. The van der Waals surface area contributed by atoms with Crippen molar-refractivity contribution in [2.45, 2.75) is 10.6 Å². The summed E-state index contributed by atoms with van der Waals surface area (Å²) >= 11 is 0. The van der Waals surface area contributed by atoms with Gasteiger partial charge in [-0.3, -0.25) is 8.89 Å². The minimum absolute atomic E-state index is 0.125. The molecular formula is C11H11N3O3S. The van der Waals surface area contributed by atoms with Gasteiger partial charge in [0.2, 0.25) is 0 Å². The number of rotatable bonds is 4. The average molecular weight is 265 g/mol. The van der Waals surface area contributed by atoms with Crippen LogP contribution in [0.4, 0.5) is 0 Å². The third-order valence-corrected chi connectivity index (χ3v) is 3.61. The highest BCUT2D eigenvalue weighted by molar-refractivity contribution is 7.84. The van der Waals surface area contributed by atoms with Gasteiger partial charge < -0.3 is 5.11 Å². The Bertz CT molecular complexity index is 609. The van der Waals surface area contributed by atoms with Gasteiger partial charge in [-0.1, -0.05) is 11.3 Å². The van der Waals surface area contributed by atoms with Crippen molar-refractivity contribution in [1.29, 1.82) is 0 Å². The minimum atomic E-state index is -1.33. The van der Waals surface area contributed by atoms with Crippen LogP contribution in [0.2, 0.25) is 0 Å². The van der Waals surface area contributed by atoms with Crippen molar-refractivity contribution >= 4 is 16.8 Å². The lowest BCUT2D eigenvalue weighted by Crippen LogP contribution is -2.01. The van der Waals surface area contributed by atoms with Crippen molar-refractivity contribution < 1.29 is 14.1 Å². The normalized spacial score (nSPS) is 12.3. The molecule has 1 unspecified atom stereocenters. The number of benzene rings is 1. The molecule has 0 saturated heterocycles. The maximum Gasteiger partial charge on any atom is 0.335 e. The first-order valence-corrected chi connectivity index (χ1v) is 6.45. The number of hydrogen-bond acceptors (Lipinski definition) is 4. The highest BCUT2D eigenvalue weighted by atomic mass is 32.2. The van der Waals surface area contributed by atoms with Crippen molar-refractivity contribution in [1.82, 2.24) is 15.0 Å². The second kappa shape index (κ2) is 5.09. The summed E-state index contributed by atoms with van der Waals surface area (Å²) in [7, 11) is 0.400. The van der Waals surface area contributed by atoms with Crippen molar-refractivity contribution in [3.63, 3.8) is 0 Å². The van der Waals surface area contributed by atoms with Crippen LogP contribution in [0.5, 0.6) is 0 Å². The fraction of sp³-hybridized carbons (Fsp3) is 0.182. The molecule has 0 spiro atoms. The predicted molar refractivity (Wildman–Crippen MR) is 64.5 cm³/mol. The summed E-state index contributed by atoms with van der Waals surface area (Å²) in [6.45, 7) is 0. The number of carboxylic acid groups (broad SMARTS) is 1. The van der Waals surface area contributed by atoms with E-state index in [1.807, 2.05) is 0 Å². The van der Waals surface area contributed by atoms with Gasteiger partial charge in [0.25, 0.3) is 0 Å². The third kappa shape index (κ3) is 2.80. The monoisotopic (exact) mass is 265 g/mol. The van der Waals surface area contributed by atoms with Crippen LogP contribution in [0, 0.1) is 0 Å². The van der Waals surface area contributed by atoms with Gasteiger partial charge in [-0.15, -0.1) is 5.10 Å². The molecule has 1 aromatic heterocycles. The first-order valence-electron chi connectivity index (χ1n) is 5.13. The first-order chi connectivity index (χ1) is 8.56. The Labute approximate surface area is 106 Å². The third-order valence-electron chi connectivity index (χ3n) is 2.27. The van der Waals surface area contributed by atoms with Crippen LogP contribution >= 0.6 is 0 Å². The Morgan fingerprint density at radius 1 is 1.50 bits per heavy atom. The molecule has 0 fully saturated rings. The molecular weight excluding hydrogens is 254 g/mol. The standard InChI is InChI=1S/C11H11N3O3S/c1-14-6-9(12-13-14)7-18(17)10-4-2-3-8(5-10)11(15)16/h2-6H,7H2,1H3,(H,15,16). The fourth-order valence-corrected chi connectivity index (χ4v) is 2.51. The zero-order chi connectivity index (χ0) is 13.1. The fourth-order valence-electron chi connectivity index (χ4n) is 1.45. The van der Waals surface area contributed by atoms with Crippen LogP contribution in [-0.2, 0) is 23.6 Å². The van der Waals surface area contributed by atoms with Gasteiger partial charge in [-0.05, 0) is 18.2 Å². The number of carbonyl (C=O) groups is 1. The van der Waals surface area contributed by atoms with E-state index in [1.54, 1.807) is 25.4 Å². The minimum Gasteiger partial charge on any atom is -0.478 e. The van der Waals surface area contributed by atoms with Crippen molar-refractivity contribution in [2.24, 2.45) is 7.05 Å². The molecule has 0 aliphatic carbocycles. The van der Waals surface area contributed by atoms with E-state index >= 15 is 0 Å². The molecule has 0 amide bonds. The molecule has 94 valence electrons. The van der Waals surface area contributed by atoms with Crippen LogP contribution in [0.1, 0.15) is 16.1 Å². The zero-order valence-electron chi connectivity index (χ0n) is 9.61. The van der Waals surface area contributed by atoms with Crippen molar-refractivity contribution in [3.05, 3.63) is 41.7 Å². The topological polar surface area (TPSA) is 85.1 Å². The number of aromatic nitrogens is 3. The zero-order valence-corrected chi connectivity index (χ0v) is 10.4. The second-order valence-corrected chi connectivity index (χ2v) is 5.16. The summed E-state index contributed by atoms with van der Waals surface area (Å²) < 4.78 is 13.6. The molecule has 1 atom stereocenters. The first kappa shape index (κ1) is 12.4. The van der Waals surface area contributed by atoms with E-state index in [1.165, 1.54) is 16.8 Å². The van der Waals surface area contributed by atoms with Gasteiger partial charge in [0.15, 0.2) is 0 Å². The van der Waals surface area contributed by atoms with Gasteiger partial charge in [0, 0.05) is 18.1 Å². The molecule has 1 N–H and O–H groups in total. The van der Waals surface area contributed by atoms with Crippen LogP contribution in [0.25, 0.3) is 0 Å². The number of carboxylic acids is 1. The Hall–Kier alpha value is -2.02. The largest absolute Gasteiger partial charge is 0.478 e. The van der Waals surface area contributed by atoms with E-state index in [4.69, 9.17) is 5.11 Å². The molecule has 0 radical (unpaired) electrons. The Kier molecular flexibility index (Phi) is 3.52. The maximum absolute atomic E-state index is 12.0. The van der Waals surface area contributed by atoms with E-state index in [2.05, 4.69) is 10.3 Å². The average Bonchev–Trinajstić information content (AvgIpc) is 2.75. The van der Waals surface area contributed by atoms with Crippen molar-refractivity contribution in [3.8, 4) is 0 Å². The Morgan fingerprint density at radius 3 is 2.89 bits per heavy atom. The summed E-state index contributed by atoms with van der Waals surface area (Å²) in [4.78, 5) is 11.3. The van der Waals surface area contributed by atoms with Gasteiger partial charge in [0.05, 0.1) is 27.8 Å². The highest BCUT2D eigenvalue weighted by Crippen LogP contribution is 2.13. The summed E-state index contributed by atoms with van der Waals surface area (Å²) in [6.07, 6.45) is 1.68. The molecule has 1 heterocycles. The van der Waals surface area contributed by atoms with Crippen LogP contribution in [0.3, 0.4) is 0 Å². The summed E-state index contributed by atoms with van der Waals surface area (Å²) in [5, 5.41) is 16.4. The van der Waals surface area contributed by atoms with Gasteiger partial charge in [0.1, 0.15) is 0 Å². The molecule has 0 bridgehead atoms. The van der Waals surface area contributed by atoms with E-state index in [9.17, 15) is 9.00 Å². The van der Waals surface area contributed by atoms with Gasteiger partial charge in [-0.25, -0.2) is 4.79 Å². The van der Waals surface area contributed by atoms with E-state index < -0.39 is 16.8 Å². The van der Waals surface area contributed by atoms with E-state index in [0.29, 0.717) is 10.6 Å². The molecule has 0 aliphatic rings. The molecule has 2 aromatic rings. The number of nitrogens with zero attached hydrogens (tertiary/aromatic N) is 3. The summed E-state index contributed by atoms with van der Waals surface area (Å²) in [5.41, 5.74) is 0.733. The maximum atomic E-state index is 12.0. The molecule has 6 nitrogen and oxygen atoms in total. The molecule has 0 aliphatic heterocycles. The van der Waals surface area contributed by atoms with Gasteiger partial charge in [-0.2, -0.15) is 0 Å². The SMILES string of the molecule is Cn1cc(CS(=O)c2cccc(C(=O)O)c2)nn1. The number of aromatic carboxylic acids is 1. The second-order valence-electron chi connectivity index (χ2n) is 3.71. The number of aryl methyl sites for hydroxylation is 1. The molecule has 2 rings (SSSR count). The van der Waals surface area contributed by atoms with E-state index in [-0.39, 0.29) is 11.3 Å². The lowest BCUT2D eigenvalue weighted by molar-refractivity contribution is 0.0696. The predicted octanol–water partition coefficient (Wildman–Crippen LogP) is 0.821. The lowest BCUT2D eigenvalue weighted by atomic mass is 10.2. The molecule has 0 saturated carbocycles. The van der Waals surface area contributed by atoms with Crippen molar-refractivity contribution in [2.75, 3.05) is 0 Å². The molecule has 1 aromatic carbocycles. The summed E-state index contributed by atoms with van der Waals surface area (Å²) in [5.74, 6) is -0.815. The van der Waals surface area contributed by atoms with Crippen LogP contribution < -0.4 is 0 Å². The molecule has 7 heteroatoms. The molecule has 18 heavy (non-hydrogen) atoms. The highest BCUT2D eigenvalue weighted by Gasteiger charge is 2.10. The van der Waals surface area contributed by atoms with Crippen LogP contribution in [-0.4, -0.2) is 30.3 Å².